The molecule has 2 heterocycles. The maximum absolute atomic E-state index is 3.71. The van der Waals surface area contributed by atoms with Gasteiger partial charge >= 0.3 is 0 Å². The van der Waals surface area contributed by atoms with Crippen LogP contribution in [-0.4, -0.2) is 24.5 Å². The molecule has 0 N–H and O–H groups in total. The second kappa shape index (κ2) is 6.80. The minimum Gasteiger partial charge on any atom is -0.299 e. The Morgan fingerprint density at radius 1 is 1.50 bits per heavy atom. The molecule has 0 radical (unpaired) electrons. The van der Waals surface area contributed by atoms with Gasteiger partial charge in [-0.25, -0.2) is 0 Å². The lowest BCUT2D eigenvalue weighted by atomic mass is 10.2. The van der Waals surface area contributed by atoms with Crippen molar-refractivity contribution in [3.8, 4) is 0 Å². The molecule has 1 nitrogen and oxygen atoms in total. The van der Waals surface area contributed by atoms with Gasteiger partial charge in [0.25, 0.3) is 0 Å². The predicted octanol–water partition coefficient (Wildman–Crippen LogP) is 3.26. The third-order valence-corrected chi connectivity index (χ3v) is 2.95. The van der Waals surface area contributed by atoms with Gasteiger partial charge in [0.15, 0.2) is 0 Å². The van der Waals surface area contributed by atoms with E-state index in [-0.39, 0.29) is 0 Å². The van der Waals surface area contributed by atoms with Crippen LogP contribution in [0.4, 0.5) is 0 Å². The van der Waals surface area contributed by atoms with Crippen molar-refractivity contribution < 1.29 is 0 Å². The van der Waals surface area contributed by atoms with Gasteiger partial charge in [-0.3, -0.25) is 4.90 Å². The second-order valence-electron chi connectivity index (χ2n) is 3.74. The molecule has 0 spiro atoms. The van der Waals surface area contributed by atoms with E-state index in [4.69, 9.17) is 0 Å². The number of likely N-dealkylation sites (tertiary alicyclic amines) is 1. The molecule has 1 aliphatic rings. The molecule has 1 atom stereocenters. The van der Waals surface area contributed by atoms with E-state index in [0.29, 0.717) is 0 Å². The fourth-order valence-electron chi connectivity index (χ4n) is 1.60. The van der Waals surface area contributed by atoms with Crippen molar-refractivity contribution >= 4 is 11.3 Å². The Morgan fingerprint density at radius 3 is 2.57 bits per heavy atom. The van der Waals surface area contributed by atoms with Crippen molar-refractivity contribution in [3.63, 3.8) is 0 Å². The zero-order valence-electron chi connectivity index (χ0n) is 8.86. The second-order valence-corrected chi connectivity index (χ2v) is 4.55. The van der Waals surface area contributed by atoms with Gasteiger partial charge in [-0.2, -0.15) is 11.3 Å². The molecule has 0 aromatic carbocycles. The van der Waals surface area contributed by atoms with E-state index in [2.05, 4.69) is 18.4 Å². The molecule has 1 saturated heterocycles. The van der Waals surface area contributed by atoms with Crippen LogP contribution in [0.25, 0.3) is 0 Å². The maximum Gasteiger partial charge on any atom is 0.0160 e. The highest BCUT2D eigenvalue weighted by Gasteiger charge is 2.16. The van der Waals surface area contributed by atoms with Crippen LogP contribution < -0.4 is 0 Å². The summed E-state index contributed by atoms with van der Waals surface area (Å²) in [6.07, 6.45) is 3.35. The highest BCUT2D eigenvalue weighted by atomic mass is 32.1. The smallest absolute Gasteiger partial charge is 0.0160 e. The third kappa shape index (κ3) is 4.58. The lowest BCUT2D eigenvalue weighted by Gasteiger charge is -2.10. The van der Waals surface area contributed by atoms with Gasteiger partial charge in [0.05, 0.1) is 0 Å². The lowest BCUT2D eigenvalue weighted by Crippen LogP contribution is -2.19. The molecule has 1 fully saturated rings. The van der Waals surface area contributed by atoms with Gasteiger partial charge in [-0.05, 0) is 29.6 Å². The first-order chi connectivity index (χ1) is 6.83. The van der Waals surface area contributed by atoms with Crippen molar-refractivity contribution in [3.05, 3.63) is 35.5 Å². The Bertz CT molecular complexity index is 213. The molecule has 78 valence electrons. The largest absolute Gasteiger partial charge is 0.299 e. The maximum atomic E-state index is 3.71. The third-order valence-electron chi connectivity index (χ3n) is 2.32. The van der Waals surface area contributed by atoms with E-state index >= 15 is 0 Å². The fourth-order valence-corrected chi connectivity index (χ4v) is 2.06. The summed E-state index contributed by atoms with van der Waals surface area (Å²) in [4.78, 5) is 2.44. The Balaban J connectivity index is 0.000000165. The summed E-state index contributed by atoms with van der Waals surface area (Å²) < 4.78 is 0. The number of hydrogen-bond acceptors (Lipinski definition) is 2. The zero-order valence-corrected chi connectivity index (χ0v) is 9.67. The van der Waals surface area contributed by atoms with E-state index in [1.807, 2.05) is 29.0 Å². The Hall–Kier alpha value is -0.600. The van der Waals surface area contributed by atoms with E-state index in [1.165, 1.54) is 19.5 Å². The molecule has 0 aliphatic carbocycles. The molecular formula is C12H19NS. The normalized spacial score (nSPS) is 21.4. The quantitative estimate of drug-likeness (QED) is 0.676. The molecular weight excluding hydrogens is 190 g/mol. The summed E-state index contributed by atoms with van der Waals surface area (Å²) in [5, 5.41) is 4.08. The summed E-state index contributed by atoms with van der Waals surface area (Å²) in [7, 11) is 0. The van der Waals surface area contributed by atoms with Gasteiger partial charge in [-0.15, -0.1) is 6.58 Å². The first-order valence-electron chi connectivity index (χ1n) is 5.13. The Morgan fingerprint density at radius 2 is 2.21 bits per heavy atom. The van der Waals surface area contributed by atoms with Crippen LogP contribution in [0, 0.1) is 5.92 Å². The molecule has 0 saturated carbocycles. The van der Waals surface area contributed by atoms with E-state index in [1.54, 1.807) is 11.3 Å². The van der Waals surface area contributed by atoms with Crippen LogP contribution >= 0.6 is 11.3 Å². The molecule has 1 aromatic rings. The number of rotatable bonds is 2. The van der Waals surface area contributed by atoms with E-state index in [0.717, 1.165) is 12.5 Å². The number of hydrogen-bond donors (Lipinski definition) is 0. The molecule has 0 bridgehead atoms. The van der Waals surface area contributed by atoms with E-state index < -0.39 is 0 Å². The highest BCUT2D eigenvalue weighted by molar-refractivity contribution is 7.07. The van der Waals surface area contributed by atoms with Crippen molar-refractivity contribution in [1.29, 1.82) is 0 Å². The van der Waals surface area contributed by atoms with Gasteiger partial charge in [0, 0.05) is 13.1 Å². The van der Waals surface area contributed by atoms with Crippen molar-refractivity contribution in [2.24, 2.45) is 5.92 Å². The van der Waals surface area contributed by atoms with Crippen LogP contribution in [0.3, 0.4) is 0 Å². The van der Waals surface area contributed by atoms with Crippen LogP contribution in [-0.2, 0) is 0 Å². The number of nitrogens with zero attached hydrogens (tertiary/aromatic N) is 1. The molecule has 0 unspecified atom stereocenters. The van der Waals surface area contributed by atoms with Crippen molar-refractivity contribution in [2.75, 3.05) is 19.6 Å². The minimum absolute atomic E-state index is 0.907. The number of thiophene rings is 1. The monoisotopic (exact) mass is 209 g/mol. The molecule has 0 amide bonds. The van der Waals surface area contributed by atoms with Crippen molar-refractivity contribution in [1.82, 2.24) is 4.90 Å². The lowest BCUT2D eigenvalue weighted by molar-refractivity contribution is 0.364. The molecule has 14 heavy (non-hydrogen) atoms. The topological polar surface area (TPSA) is 3.24 Å². The fraction of sp³-hybridized carbons (Fsp3) is 0.500. The van der Waals surface area contributed by atoms with Gasteiger partial charge in [0.1, 0.15) is 0 Å². The first-order valence-corrected chi connectivity index (χ1v) is 6.07. The standard InChI is InChI=1S/C8H15N.C4H4S/c1-3-5-9-6-4-8(2)7-9;1-2-4-5-3-1/h3,8H,1,4-7H2,2H3;1-4H/t8-;/m1./s1. The molecule has 2 heteroatoms. The Labute approximate surface area is 91.1 Å². The van der Waals surface area contributed by atoms with Crippen LogP contribution in [0.15, 0.2) is 35.5 Å². The first kappa shape index (κ1) is 11.5. The van der Waals surface area contributed by atoms with Crippen LogP contribution in [0.5, 0.6) is 0 Å². The summed E-state index contributed by atoms with van der Waals surface area (Å²) in [5.41, 5.74) is 0. The average molecular weight is 209 g/mol. The highest BCUT2D eigenvalue weighted by Crippen LogP contribution is 2.13. The predicted molar refractivity (Wildman–Crippen MR) is 64.7 cm³/mol. The SMILES string of the molecule is C=CCN1CC[C@@H](C)C1.c1ccsc1. The van der Waals surface area contributed by atoms with Gasteiger partial charge in [0.2, 0.25) is 0 Å². The molecule has 1 aliphatic heterocycles. The summed E-state index contributed by atoms with van der Waals surface area (Å²) in [6, 6.07) is 4.04. The summed E-state index contributed by atoms with van der Waals surface area (Å²) >= 11 is 1.71. The summed E-state index contributed by atoms with van der Waals surface area (Å²) in [5.74, 6) is 0.907. The van der Waals surface area contributed by atoms with Gasteiger partial charge < -0.3 is 0 Å². The van der Waals surface area contributed by atoms with E-state index in [9.17, 15) is 0 Å². The molecule has 1 aromatic heterocycles. The van der Waals surface area contributed by atoms with Crippen LogP contribution in [0.1, 0.15) is 13.3 Å². The minimum atomic E-state index is 0.907. The van der Waals surface area contributed by atoms with Crippen molar-refractivity contribution in [2.45, 2.75) is 13.3 Å². The van der Waals surface area contributed by atoms with Crippen LogP contribution in [0.2, 0.25) is 0 Å². The molecule has 2 rings (SSSR count). The average Bonchev–Trinajstić information content (AvgIpc) is 2.79. The Kier molecular flexibility index (Phi) is 5.57. The van der Waals surface area contributed by atoms with Gasteiger partial charge in [-0.1, -0.05) is 25.1 Å². The zero-order chi connectivity index (χ0) is 10.2. The summed E-state index contributed by atoms with van der Waals surface area (Å²) in [6.45, 7) is 9.63.